The molecule has 5 rings (SSSR count). The standard InChI is InChI=1S/C27H39N3O6S/c1-18(2)16-19(17-31)30-23-25(33)29(10-9-28-11-14-35-15-12-28)8-5-7-27(23)22(24(30)32)21-20(37-27)6-3-4-13-36-26(21)34/h3,5-7,18-23,31H,4,8-17H2,1-2H3/t19-,20+,21-,22+,23?,27+/m1/s1. The Kier molecular flexibility index (Phi) is 8.00. The highest BCUT2D eigenvalue weighted by Gasteiger charge is 2.71. The van der Waals surface area contributed by atoms with E-state index in [1.807, 2.05) is 43.1 Å². The Morgan fingerprint density at radius 2 is 1.89 bits per heavy atom. The Morgan fingerprint density at radius 3 is 2.62 bits per heavy atom. The number of morpholine rings is 1. The first-order valence-electron chi connectivity index (χ1n) is 13.6. The number of hydrogen-bond donors (Lipinski definition) is 1. The molecule has 1 spiro atoms. The van der Waals surface area contributed by atoms with Crippen molar-refractivity contribution in [2.45, 2.75) is 48.8 Å². The van der Waals surface area contributed by atoms with E-state index in [1.165, 1.54) is 0 Å². The molecule has 5 heterocycles. The highest BCUT2D eigenvalue weighted by Crippen LogP contribution is 2.61. The number of ether oxygens (including phenoxy) is 2. The smallest absolute Gasteiger partial charge is 0.311 e. The van der Waals surface area contributed by atoms with E-state index in [0.717, 1.165) is 19.6 Å². The number of likely N-dealkylation sites (tertiary alicyclic amines) is 1. The summed E-state index contributed by atoms with van der Waals surface area (Å²) in [5.74, 6) is -1.82. The first kappa shape index (κ1) is 26.7. The van der Waals surface area contributed by atoms with Crippen molar-refractivity contribution in [2.75, 3.05) is 59.2 Å². The van der Waals surface area contributed by atoms with Crippen LogP contribution in [0.2, 0.25) is 0 Å². The number of amides is 2. The summed E-state index contributed by atoms with van der Waals surface area (Å²) < 4.78 is 10.1. The molecule has 10 heteroatoms. The zero-order valence-electron chi connectivity index (χ0n) is 21.8. The van der Waals surface area contributed by atoms with E-state index < -0.39 is 28.7 Å². The molecule has 0 aromatic carbocycles. The molecule has 0 bridgehead atoms. The normalized spacial score (nSPS) is 35.1. The van der Waals surface area contributed by atoms with Crippen LogP contribution in [0.15, 0.2) is 24.3 Å². The van der Waals surface area contributed by atoms with Crippen LogP contribution >= 0.6 is 11.8 Å². The molecule has 0 saturated carbocycles. The van der Waals surface area contributed by atoms with Crippen LogP contribution in [-0.4, -0.2) is 119 Å². The molecular formula is C27H39N3O6S. The lowest BCUT2D eigenvalue weighted by Crippen LogP contribution is -2.57. The molecule has 9 nitrogen and oxygen atoms in total. The summed E-state index contributed by atoms with van der Waals surface area (Å²) in [7, 11) is 0. The van der Waals surface area contributed by atoms with Crippen molar-refractivity contribution in [1.82, 2.24) is 14.7 Å². The second kappa shape index (κ2) is 11.1. The largest absolute Gasteiger partial charge is 0.465 e. The number of nitrogens with zero attached hydrogens (tertiary/aromatic N) is 3. The van der Waals surface area contributed by atoms with Crippen LogP contribution in [0.4, 0.5) is 0 Å². The van der Waals surface area contributed by atoms with Crippen LogP contribution in [0.1, 0.15) is 26.7 Å². The van der Waals surface area contributed by atoms with E-state index in [1.54, 1.807) is 16.7 Å². The number of carbonyl (C=O) groups is 3. The number of aliphatic hydroxyl groups excluding tert-OH is 1. The monoisotopic (exact) mass is 533 g/mol. The molecule has 6 atom stereocenters. The summed E-state index contributed by atoms with van der Waals surface area (Å²) in [6.07, 6.45) is 9.27. The van der Waals surface area contributed by atoms with Crippen LogP contribution < -0.4 is 0 Å². The van der Waals surface area contributed by atoms with Crippen LogP contribution in [0.3, 0.4) is 0 Å². The molecule has 2 amide bonds. The number of fused-ring (bicyclic) bond motifs is 2. The number of carbonyl (C=O) groups excluding carboxylic acids is 3. The highest BCUT2D eigenvalue weighted by molar-refractivity contribution is 8.02. The molecule has 5 aliphatic rings. The van der Waals surface area contributed by atoms with Gasteiger partial charge < -0.3 is 24.4 Å². The molecule has 1 N–H and O–H groups in total. The van der Waals surface area contributed by atoms with Gasteiger partial charge in [-0.25, -0.2) is 0 Å². The van der Waals surface area contributed by atoms with Gasteiger partial charge in [0.15, 0.2) is 0 Å². The SMILES string of the molecule is CC(C)C[C@H](CO)N1C(=O)[C@@H]2[C@@H]3C(=O)OCCC=C[C@@H]3S[C@@]23C=CCN(CCN2CCOCC2)C(=O)C13. The summed E-state index contributed by atoms with van der Waals surface area (Å²) in [6.45, 7) is 8.98. The van der Waals surface area contributed by atoms with E-state index >= 15 is 0 Å². The quantitative estimate of drug-likeness (QED) is 0.381. The minimum atomic E-state index is -0.880. The van der Waals surface area contributed by atoms with Crippen molar-refractivity contribution in [3.05, 3.63) is 24.3 Å². The number of rotatable bonds is 7. The van der Waals surface area contributed by atoms with Crippen molar-refractivity contribution >= 4 is 29.5 Å². The molecule has 1 unspecified atom stereocenters. The lowest BCUT2D eigenvalue weighted by molar-refractivity contribution is -0.153. The zero-order valence-corrected chi connectivity index (χ0v) is 22.6. The fourth-order valence-electron chi connectivity index (χ4n) is 6.59. The van der Waals surface area contributed by atoms with Gasteiger partial charge in [-0.05, 0) is 18.8 Å². The maximum atomic E-state index is 14.3. The average Bonchev–Trinajstić information content (AvgIpc) is 3.26. The molecule has 204 valence electrons. The van der Waals surface area contributed by atoms with Gasteiger partial charge in [0.1, 0.15) is 6.04 Å². The second-order valence-corrected chi connectivity index (χ2v) is 12.6. The van der Waals surface area contributed by atoms with E-state index in [9.17, 15) is 19.5 Å². The maximum absolute atomic E-state index is 14.3. The van der Waals surface area contributed by atoms with Crippen molar-refractivity contribution in [3.8, 4) is 0 Å². The Hall–Kier alpha value is -1.88. The fraction of sp³-hybridized carbons (Fsp3) is 0.741. The van der Waals surface area contributed by atoms with Crippen LogP contribution in [0.5, 0.6) is 0 Å². The molecule has 5 aliphatic heterocycles. The van der Waals surface area contributed by atoms with Crippen molar-refractivity contribution in [3.63, 3.8) is 0 Å². The van der Waals surface area contributed by atoms with Crippen molar-refractivity contribution in [1.29, 1.82) is 0 Å². The fourth-order valence-corrected chi connectivity index (χ4v) is 8.58. The third-order valence-electron chi connectivity index (χ3n) is 8.28. The predicted molar refractivity (Wildman–Crippen MR) is 140 cm³/mol. The summed E-state index contributed by atoms with van der Waals surface area (Å²) in [6, 6.07) is -1.26. The molecule has 3 fully saturated rings. The van der Waals surface area contributed by atoms with Gasteiger partial charge in [0.05, 0.1) is 49.1 Å². The van der Waals surface area contributed by atoms with E-state index in [0.29, 0.717) is 45.8 Å². The summed E-state index contributed by atoms with van der Waals surface area (Å²) in [5.41, 5.74) is 0. The molecule has 0 aliphatic carbocycles. The Bertz CT molecular complexity index is 950. The molecule has 0 radical (unpaired) electrons. The van der Waals surface area contributed by atoms with Gasteiger partial charge in [-0.1, -0.05) is 38.2 Å². The molecule has 37 heavy (non-hydrogen) atoms. The number of esters is 1. The first-order valence-corrected chi connectivity index (χ1v) is 14.5. The second-order valence-electron chi connectivity index (χ2n) is 11.1. The average molecular weight is 534 g/mol. The Balaban J connectivity index is 1.51. The van der Waals surface area contributed by atoms with Crippen LogP contribution in [-0.2, 0) is 23.9 Å². The van der Waals surface area contributed by atoms with E-state index in [-0.39, 0.29) is 35.6 Å². The number of cyclic esters (lactones) is 1. The summed E-state index contributed by atoms with van der Waals surface area (Å²) in [4.78, 5) is 47.6. The molecule has 3 saturated heterocycles. The Labute approximate surface area is 223 Å². The molecular weight excluding hydrogens is 494 g/mol. The first-order chi connectivity index (χ1) is 17.9. The van der Waals surface area contributed by atoms with Crippen LogP contribution in [0, 0.1) is 17.8 Å². The van der Waals surface area contributed by atoms with E-state index in [4.69, 9.17) is 9.47 Å². The molecule has 0 aromatic rings. The topological polar surface area (TPSA) is 99.6 Å². The van der Waals surface area contributed by atoms with Gasteiger partial charge in [0.2, 0.25) is 11.8 Å². The van der Waals surface area contributed by atoms with Crippen molar-refractivity contribution in [2.24, 2.45) is 17.8 Å². The van der Waals surface area contributed by atoms with Gasteiger partial charge in [-0.2, -0.15) is 0 Å². The predicted octanol–water partition coefficient (Wildman–Crippen LogP) is 0.925. The third-order valence-corrected chi connectivity index (χ3v) is 10.0. The minimum absolute atomic E-state index is 0.101. The lowest BCUT2D eigenvalue weighted by Gasteiger charge is -2.39. The number of hydrogen-bond acceptors (Lipinski definition) is 8. The summed E-state index contributed by atoms with van der Waals surface area (Å²) in [5, 5.41) is 10.2. The lowest BCUT2D eigenvalue weighted by atomic mass is 9.78. The van der Waals surface area contributed by atoms with Gasteiger partial charge in [-0.3, -0.25) is 19.3 Å². The highest BCUT2D eigenvalue weighted by atomic mass is 32.2. The number of aliphatic hydroxyl groups is 1. The van der Waals surface area contributed by atoms with Crippen molar-refractivity contribution < 1.29 is 29.0 Å². The molecule has 0 aromatic heterocycles. The van der Waals surface area contributed by atoms with E-state index in [2.05, 4.69) is 4.90 Å². The zero-order chi connectivity index (χ0) is 26.2. The maximum Gasteiger partial charge on any atom is 0.311 e. The van der Waals surface area contributed by atoms with Gasteiger partial charge in [0.25, 0.3) is 0 Å². The van der Waals surface area contributed by atoms with Gasteiger partial charge in [-0.15, -0.1) is 11.8 Å². The van der Waals surface area contributed by atoms with Gasteiger partial charge in [0, 0.05) is 38.0 Å². The minimum Gasteiger partial charge on any atom is -0.465 e. The van der Waals surface area contributed by atoms with Crippen LogP contribution in [0.25, 0.3) is 0 Å². The van der Waals surface area contributed by atoms with Gasteiger partial charge >= 0.3 is 5.97 Å². The summed E-state index contributed by atoms with van der Waals surface area (Å²) >= 11 is 1.55. The third kappa shape index (κ3) is 4.86. The number of thioether (sulfide) groups is 1. The Morgan fingerprint density at radius 1 is 1.11 bits per heavy atom.